The largest absolute Gasteiger partial charge is 0.469 e. The van der Waals surface area contributed by atoms with Crippen LogP contribution in [0.25, 0.3) is 0 Å². The fourth-order valence-corrected chi connectivity index (χ4v) is 3.24. The highest BCUT2D eigenvalue weighted by Gasteiger charge is 2.12. The van der Waals surface area contributed by atoms with Crippen LogP contribution in [0.2, 0.25) is 0 Å². The maximum absolute atomic E-state index is 11.3. The van der Waals surface area contributed by atoms with E-state index in [1.165, 1.54) is 18.4 Å². The Hall–Kier alpha value is -3.06. The summed E-state index contributed by atoms with van der Waals surface area (Å²) in [6.45, 7) is 0. The maximum Gasteiger partial charge on any atom is 0.305 e. The maximum atomic E-state index is 11.3. The minimum Gasteiger partial charge on any atom is -0.469 e. The van der Waals surface area contributed by atoms with E-state index in [1.54, 1.807) is 0 Å². The summed E-state index contributed by atoms with van der Waals surface area (Å²) in [7, 11) is 1.40. The molecule has 0 spiro atoms. The van der Waals surface area contributed by atoms with Crippen molar-refractivity contribution in [2.75, 3.05) is 12.4 Å². The van der Waals surface area contributed by atoms with E-state index in [-0.39, 0.29) is 5.97 Å². The van der Waals surface area contributed by atoms with Crippen LogP contribution in [-0.4, -0.2) is 18.1 Å². The lowest BCUT2D eigenvalue weighted by Gasteiger charge is -2.00. The molecule has 0 bridgehead atoms. The summed E-state index contributed by atoms with van der Waals surface area (Å²) in [5.41, 5.74) is 2.56. The first-order valence-electron chi connectivity index (χ1n) is 8.60. The Morgan fingerprint density at radius 1 is 1.07 bits per heavy atom. The summed E-state index contributed by atoms with van der Waals surface area (Å²) >= 11 is 1.44. The Bertz CT molecular complexity index is 895. The SMILES string of the molecule is COC(=O)CCCc1nc(Nc2ccccc2)sc1N=Nc1ccccc1. The molecule has 7 heteroatoms. The molecular formula is C20H20N4O2S. The average Bonchev–Trinajstić information content (AvgIpc) is 3.09. The van der Waals surface area contributed by atoms with Crippen molar-refractivity contribution in [3.8, 4) is 0 Å². The number of esters is 1. The summed E-state index contributed by atoms with van der Waals surface area (Å²) < 4.78 is 4.70. The average molecular weight is 380 g/mol. The van der Waals surface area contributed by atoms with Crippen LogP contribution >= 0.6 is 11.3 Å². The monoisotopic (exact) mass is 380 g/mol. The van der Waals surface area contributed by atoms with E-state index in [9.17, 15) is 4.79 Å². The molecule has 3 rings (SSSR count). The number of para-hydroxylation sites is 1. The van der Waals surface area contributed by atoms with Crippen molar-refractivity contribution in [3.05, 3.63) is 66.4 Å². The normalized spacial score (nSPS) is 10.9. The molecule has 0 radical (unpaired) electrons. The van der Waals surface area contributed by atoms with Gasteiger partial charge in [0.1, 0.15) is 0 Å². The number of nitrogens with one attached hydrogen (secondary N) is 1. The first-order valence-corrected chi connectivity index (χ1v) is 9.41. The third-order valence-corrected chi connectivity index (χ3v) is 4.63. The van der Waals surface area contributed by atoms with Crippen LogP contribution in [0.1, 0.15) is 18.5 Å². The van der Waals surface area contributed by atoms with E-state index >= 15 is 0 Å². The molecule has 0 fully saturated rings. The number of anilines is 2. The molecule has 27 heavy (non-hydrogen) atoms. The van der Waals surface area contributed by atoms with Gasteiger partial charge in [-0.2, -0.15) is 0 Å². The van der Waals surface area contributed by atoms with Gasteiger partial charge in [0.25, 0.3) is 0 Å². The molecule has 0 unspecified atom stereocenters. The number of thiazole rings is 1. The summed E-state index contributed by atoms with van der Waals surface area (Å²) in [6.07, 6.45) is 1.63. The first kappa shape index (κ1) is 18.7. The number of methoxy groups -OCH3 is 1. The molecule has 0 aliphatic heterocycles. The molecule has 2 aromatic carbocycles. The van der Waals surface area contributed by atoms with Crippen molar-refractivity contribution in [2.45, 2.75) is 19.3 Å². The van der Waals surface area contributed by atoms with Gasteiger partial charge in [-0.25, -0.2) is 4.98 Å². The van der Waals surface area contributed by atoms with Crippen LogP contribution in [0, 0.1) is 0 Å². The van der Waals surface area contributed by atoms with Crippen LogP contribution in [0.5, 0.6) is 0 Å². The molecule has 0 atom stereocenters. The fourth-order valence-electron chi connectivity index (χ4n) is 2.38. The van der Waals surface area contributed by atoms with Gasteiger partial charge in [-0.05, 0) is 37.1 Å². The third kappa shape index (κ3) is 5.72. The zero-order valence-corrected chi connectivity index (χ0v) is 15.8. The Labute approximate surface area is 162 Å². The van der Waals surface area contributed by atoms with Crippen molar-refractivity contribution in [1.82, 2.24) is 4.98 Å². The minimum absolute atomic E-state index is 0.222. The number of benzene rings is 2. The van der Waals surface area contributed by atoms with Crippen LogP contribution < -0.4 is 5.32 Å². The molecule has 0 aliphatic rings. The van der Waals surface area contributed by atoms with Gasteiger partial charge < -0.3 is 10.1 Å². The van der Waals surface area contributed by atoms with Gasteiger partial charge in [-0.15, -0.1) is 10.2 Å². The number of azo groups is 1. The van der Waals surface area contributed by atoms with E-state index in [1.807, 2.05) is 60.7 Å². The first-order chi connectivity index (χ1) is 13.2. The Morgan fingerprint density at radius 3 is 2.48 bits per heavy atom. The molecule has 0 saturated carbocycles. The van der Waals surface area contributed by atoms with Gasteiger partial charge >= 0.3 is 5.97 Å². The number of hydrogen-bond acceptors (Lipinski definition) is 7. The van der Waals surface area contributed by atoms with Gasteiger partial charge in [0.2, 0.25) is 0 Å². The van der Waals surface area contributed by atoms with E-state index in [0.717, 1.165) is 27.2 Å². The molecule has 3 aromatic rings. The summed E-state index contributed by atoms with van der Waals surface area (Å²) in [4.78, 5) is 16.0. The number of aryl methyl sites for hydroxylation is 1. The van der Waals surface area contributed by atoms with Gasteiger partial charge in [0.05, 0.1) is 18.5 Å². The van der Waals surface area contributed by atoms with Crippen LogP contribution in [-0.2, 0) is 16.0 Å². The zero-order chi connectivity index (χ0) is 18.9. The topological polar surface area (TPSA) is 75.9 Å². The highest BCUT2D eigenvalue weighted by Crippen LogP contribution is 2.35. The molecular weight excluding hydrogens is 360 g/mol. The predicted octanol–water partition coefficient (Wildman–Crippen LogP) is 5.80. The standard InChI is InChI=1S/C20H20N4O2S/c1-26-18(25)14-8-13-17-19(24-23-16-11-6-3-7-12-16)27-20(22-17)21-15-9-4-2-5-10-15/h2-7,9-12H,8,13-14H2,1H3,(H,21,22). The molecule has 138 valence electrons. The zero-order valence-electron chi connectivity index (χ0n) is 15.0. The molecule has 0 aliphatic carbocycles. The van der Waals surface area contributed by atoms with Crippen LogP contribution in [0.4, 0.5) is 21.5 Å². The van der Waals surface area contributed by atoms with Gasteiger partial charge in [-0.1, -0.05) is 47.7 Å². The van der Waals surface area contributed by atoms with Crippen molar-refractivity contribution in [1.29, 1.82) is 0 Å². The second kappa shape index (κ2) is 9.59. The number of carbonyl (C=O) groups is 1. The number of rotatable bonds is 8. The highest BCUT2D eigenvalue weighted by atomic mass is 32.1. The second-order valence-electron chi connectivity index (χ2n) is 5.73. The number of carbonyl (C=O) groups excluding carboxylic acids is 1. The molecule has 1 N–H and O–H groups in total. The second-order valence-corrected chi connectivity index (χ2v) is 6.70. The van der Waals surface area contributed by atoms with E-state index < -0.39 is 0 Å². The number of nitrogens with zero attached hydrogens (tertiary/aromatic N) is 3. The Morgan fingerprint density at radius 2 is 1.78 bits per heavy atom. The van der Waals surface area contributed by atoms with E-state index in [4.69, 9.17) is 4.74 Å². The lowest BCUT2D eigenvalue weighted by molar-refractivity contribution is -0.140. The summed E-state index contributed by atoms with van der Waals surface area (Å²) in [6, 6.07) is 19.4. The quantitative estimate of drug-likeness (QED) is 0.396. The van der Waals surface area contributed by atoms with Crippen molar-refractivity contribution in [2.24, 2.45) is 10.2 Å². The van der Waals surface area contributed by atoms with Gasteiger partial charge in [0, 0.05) is 12.1 Å². The van der Waals surface area contributed by atoms with Crippen LogP contribution in [0.3, 0.4) is 0 Å². The number of aromatic nitrogens is 1. The summed E-state index contributed by atoms with van der Waals surface area (Å²) in [5.74, 6) is -0.222. The van der Waals surface area contributed by atoms with Crippen molar-refractivity contribution >= 4 is 38.8 Å². The van der Waals surface area contributed by atoms with Gasteiger partial charge in [-0.3, -0.25) is 4.79 Å². The van der Waals surface area contributed by atoms with Crippen molar-refractivity contribution in [3.63, 3.8) is 0 Å². The van der Waals surface area contributed by atoms with Crippen molar-refractivity contribution < 1.29 is 9.53 Å². The highest BCUT2D eigenvalue weighted by molar-refractivity contribution is 7.19. The van der Waals surface area contributed by atoms with E-state index in [0.29, 0.717) is 19.3 Å². The Kier molecular flexibility index (Phi) is 6.65. The molecule has 0 amide bonds. The van der Waals surface area contributed by atoms with Crippen LogP contribution in [0.15, 0.2) is 70.9 Å². The molecule has 1 heterocycles. The fraction of sp³-hybridized carbons (Fsp3) is 0.200. The minimum atomic E-state index is -0.222. The molecule has 0 saturated heterocycles. The molecule has 6 nitrogen and oxygen atoms in total. The number of hydrogen-bond donors (Lipinski definition) is 1. The molecule has 1 aromatic heterocycles. The van der Waals surface area contributed by atoms with E-state index in [2.05, 4.69) is 20.5 Å². The lowest BCUT2D eigenvalue weighted by Crippen LogP contribution is -2.00. The third-order valence-electron chi connectivity index (χ3n) is 3.74. The van der Waals surface area contributed by atoms with Gasteiger partial charge in [0.15, 0.2) is 10.1 Å². The lowest BCUT2D eigenvalue weighted by atomic mass is 10.2. The predicted molar refractivity (Wildman–Crippen MR) is 107 cm³/mol. The Balaban J connectivity index is 1.77. The summed E-state index contributed by atoms with van der Waals surface area (Å²) in [5, 5.41) is 13.4. The smallest absolute Gasteiger partial charge is 0.305 e. The number of ether oxygens (including phenoxy) is 1.